The highest BCUT2D eigenvalue weighted by atomic mass is 127. The number of benzene rings is 2. The van der Waals surface area contributed by atoms with Gasteiger partial charge in [0.1, 0.15) is 0 Å². The van der Waals surface area contributed by atoms with Crippen LogP contribution in [0.25, 0.3) is 0 Å². The van der Waals surface area contributed by atoms with E-state index in [4.69, 9.17) is 0 Å². The van der Waals surface area contributed by atoms with E-state index in [0.29, 0.717) is 15.9 Å². The highest BCUT2D eigenvalue weighted by Crippen LogP contribution is 2.12. The van der Waals surface area contributed by atoms with Gasteiger partial charge in [-0.25, -0.2) is 0 Å². The maximum absolute atomic E-state index is 12.4. The van der Waals surface area contributed by atoms with Crippen LogP contribution in [0.3, 0.4) is 0 Å². The van der Waals surface area contributed by atoms with Crippen LogP contribution in [0.1, 0.15) is 20.7 Å². The zero-order chi connectivity index (χ0) is 16.9. The fraction of sp³-hybridized carbons (Fsp3) is 0.0556. The molecule has 0 radical (unpaired) electrons. The van der Waals surface area contributed by atoms with E-state index in [1.54, 1.807) is 29.0 Å². The number of hydrogen-bond donors (Lipinski definition) is 0. The first-order valence-electron chi connectivity index (χ1n) is 7.21. The highest BCUT2D eigenvalue weighted by Gasteiger charge is 2.10. The van der Waals surface area contributed by atoms with Gasteiger partial charge in [-0.15, -0.1) is 11.3 Å². The van der Waals surface area contributed by atoms with Gasteiger partial charge in [0.05, 0.1) is 12.1 Å². The molecule has 4 nitrogen and oxygen atoms in total. The molecule has 6 heteroatoms. The third-order valence-corrected chi connectivity index (χ3v) is 5.11. The van der Waals surface area contributed by atoms with Gasteiger partial charge in [-0.2, -0.15) is 4.99 Å². The van der Waals surface area contributed by atoms with Crippen molar-refractivity contribution in [2.75, 3.05) is 0 Å². The molecule has 0 atom stereocenters. The van der Waals surface area contributed by atoms with E-state index in [-0.39, 0.29) is 18.2 Å². The molecule has 1 heterocycles. The molecule has 0 aliphatic rings. The van der Waals surface area contributed by atoms with Crippen LogP contribution in [0.15, 0.2) is 71.2 Å². The third-order valence-electron chi connectivity index (χ3n) is 3.37. The first kappa shape index (κ1) is 16.8. The zero-order valence-corrected chi connectivity index (χ0v) is 15.5. The summed E-state index contributed by atoms with van der Waals surface area (Å²) in [5.74, 6) is -0.319. The second-order valence-corrected chi connectivity index (χ2v) is 7.03. The molecule has 0 saturated heterocycles. The Morgan fingerprint density at radius 3 is 2.50 bits per heavy atom. The molecule has 0 spiro atoms. The largest absolute Gasteiger partial charge is 0.316 e. The number of nitrogens with zero attached hydrogens (tertiary/aromatic N) is 2. The number of ketones is 1. The number of thiazole rings is 1. The molecule has 0 bridgehead atoms. The van der Waals surface area contributed by atoms with E-state index in [2.05, 4.69) is 27.6 Å². The molecule has 0 N–H and O–H groups in total. The van der Waals surface area contributed by atoms with Gasteiger partial charge in [-0.05, 0) is 34.7 Å². The smallest absolute Gasteiger partial charge is 0.280 e. The lowest BCUT2D eigenvalue weighted by Gasteiger charge is -2.03. The van der Waals surface area contributed by atoms with Crippen molar-refractivity contribution in [3.05, 3.63) is 85.7 Å². The summed E-state index contributed by atoms with van der Waals surface area (Å²) in [5.41, 5.74) is 1.21. The molecule has 0 unspecified atom stereocenters. The average Bonchev–Trinajstić information content (AvgIpc) is 3.02. The van der Waals surface area contributed by atoms with Gasteiger partial charge >= 0.3 is 0 Å². The first-order chi connectivity index (χ1) is 11.6. The fourth-order valence-electron chi connectivity index (χ4n) is 2.16. The molecule has 0 fully saturated rings. The van der Waals surface area contributed by atoms with Gasteiger partial charge in [0.25, 0.3) is 5.91 Å². The lowest BCUT2D eigenvalue weighted by Crippen LogP contribution is -2.21. The number of carbonyl (C=O) groups excluding carboxylic acids is 2. The number of hydrogen-bond acceptors (Lipinski definition) is 3. The summed E-state index contributed by atoms with van der Waals surface area (Å²) >= 11 is 3.45. The van der Waals surface area contributed by atoms with Crippen molar-refractivity contribution in [1.29, 1.82) is 0 Å². The van der Waals surface area contributed by atoms with Gasteiger partial charge in [-0.1, -0.05) is 42.5 Å². The van der Waals surface area contributed by atoms with Crippen molar-refractivity contribution in [3.8, 4) is 0 Å². The quantitative estimate of drug-likeness (QED) is 0.451. The van der Waals surface area contributed by atoms with E-state index < -0.39 is 0 Å². The number of halogens is 1. The minimum atomic E-state index is -0.302. The number of carbonyl (C=O) groups is 2. The zero-order valence-electron chi connectivity index (χ0n) is 12.6. The Hall–Kier alpha value is -2.06. The van der Waals surface area contributed by atoms with Gasteiger partial charge < -0.3 is 4.57 Å². The molecular weight excluding hydrogens is 435 g/mol. The summed E-state index contributed by atoms with van der Waals surface area (Å²) in [6.07, 6.45) is 1.77. The van der Waals surface area contributed by atoms with Crippen molar-refractivity contribution >= 4 is 45.6 Å². The van der Waals surface area contributed by atoms with E-state index in [1.807, 2.05) is 41.8 Å². The second kappa shape index (κ2) is 7.67. The van der Waals surface area contributed by atoms with Crippen LogP contribution >= 0.6 is 33.9 Å². The topological polar surface area (TPSA) is 51.4 Å². The van der Waals surface area contributed by atoms with Crippen LogP contribution in [-0.2, 0) is 6.54 Å². The molecule has 3 aromatic rings. The Morgan fingerprint density at radius 2 is 1.75 bits per heavy atom. The number of Topliss-reactive ketones (excluding diaryl/α,β-unsaturated/α-hetero) is 1. The van der Waals surface area contributed by atoms with Crippen LogP contribution in [0, 0.1) is 3.57 Å². The van der Waals surface area contributed by atoms with Gasteiger partial charge in [-0.3, -0.25) is 9.59 Å². The van der Waals surface area contributed by atoms with E-state index in [1.165, 1.54) is 11.3 Å². The molecule has 1 amide bonds. The average molecular weight is 448 g/mol. The molecular formula is C18H13IN2O2S. The van der Waals surface area contributed by atoms with Crippen LogP contribution < -0.4 is 4.80 Å². The van der Waals surface area contributed by atoms with Crippen molar-refractivity contribution in [3.63, 3.8) is 0 Å². The van der Waals surface area contributed by atoms with Crippen molar-refractivity contribution in [1.82, 2.24) is 4.57 Å². The maximum Gasteiger partial charge on any atom is 0.280 e. The minimum Gasteiger partial charge on any atom is -0.316 e. The first-order valence-corrected chi connectivity index (χ1v) is 9.17. The molecule has 120 valence electrons. The van der Waals surface area contributed by atoms with E-state index in [9.17, 15) is 9.59 Å². The standard InChI is InChI=1S/C18H13IN2O2S/c19-15-9-5-4-8-14(15)17(23)20-18-21(10-11-24-18)12-16(22)13-6-2-1-3-7-13/h1-11H,12H2. The molecule has 0 aliphatic carbocycles. The molecule has 3 rings (SSSR count). The Balaban J connectivity index is 1.87. The van der Waals surface area contributed by atoms with Crippen molar-refractivity contribution in [2.24, 2.45) is 4.99 Å². The highest BCUT2D eigenvalue weighted by molar-refractivity contribution is 14.1. The Bertz CT molecular complexity index is 945. The summed E-state index contributed by atoms with van der Waals surface area (Å²) in [7, 11) is 0. The normalized spacial score (nSPS) is 11.5. The number of aromatic nitrogens is 1. The summed E-state index contributed by atoms with van der Waals surface area (Å²) in [5, 5.41) is 1.82. The lowest BCUT2D eigenvalue weighted by atomic mass is 10.1. The second-order valence-electron chi connectivity index (χ2n) is 5.00. The fourth-order valence-corrected chi connectivity index (χ4v) is 3.50. The monoisotopic (exact) mass is 448 g/mol. The maximum atomic E-state index is 12.4. The van der Waals surface area contributed by atoms with Crippen molar-refractivity contribution < 1.29 is 9.59 Å². The van der Waals surface area contributed by atoms with Crippen molar-refractivity contribution in [2.45, 2.75) is 6.54 Å². The summed E-state index contributed by atoms with van der Waals surface area (Å²) in [6.45, 7) is 0.158. The predicted molar refractivity (Wildman–Crippen MR) is 102 cm³/mol. The van der Waals surface area contributed by atoms with Gasteiger partial charge in [0, 0.05) is 20.7 Å². The predicted octanol–water partition coefficient (Wildman–Crippen LogP) is 3.78. The number of rotatable bonds is 4. The van der Waals surface area contributed by atoms with E-state index >= 15 is 0 Å². The van der Waals surface area contributed by atoms with Crippen LogP contribution in [0.4, 0.5) is 0 Å². The molecule has 1 aromatic heterocycles. The molecule has 2 aromatic carbocycles. The number of amides is 1. The van der Waals surface area contributed by atoms with Crippen LogP contribution in [-0.4, -0.2) is 16.3 Å². The lowest BCUT2D eigenvalue weighted by molar-refractivity contribution is 0.0963. The van der Waals surface area contributed by atoms with Crippen LogP contribution in [0.5, 0.6) is 0 Å². The minimum absolute atomic E-state index is 0.0165. The van der Waals surface area contributed by atoms with E-state index in [0.717, 1.165) is 3.57 Å². The summed E-state index contributed by atoms with van der Waals surface area (Å²) in [6, 6.07) is 16.4. The Morgan fingerprint density at radius 1 is 1.04 bits per heavy atom. The Kier molecular flexibility index (Phi) is 5.37. The molecule has 0 saturated carbocycles. The summed E-state index contributed by atoms with van der Waals surface area (Å²) in [4.78, 5) is 29.4. The SMILES string of the molecule is O=C(Cn1ccsc1=NC(=O)c1ccccc1I)c1ccccc1. The van der Waals surface area contributed by atoms with Crippen LogP contribution in [0.2, 0.25) is 0 Å². The van der Waals surface area contributed by atoms with Gasteiger partial charge in [0.2, 0.25) is 0 Å². The van der Waals surface area contributed by atoms with Gasteiger partial charge in [0.15, 0.2) is 10.6 Å². The third kappa shape index (κ3) is 3.88. The summed E-state index contributed by atoms with van der Waals surface area (Å²) < 4.78 is 2.56. The molecule has 24 heavy (non-hydrogen) atoms. The Labute approximate surface area is 156 Å². The molecule has 0 aliphatic heterocycles.